The minimum atomic E-state index is -0.414. The molecular formula is C22H34O5. The molecule has 0 heterocycles. The number of hydrogen-bond donors (Lipinski definition) is 0. The molecule has 2 saturated carbocycles. The van der Waals surface area contributed by atoms with E-state index in [9.17, 15) is 9.59 Å². The van der Waals surface area contributed by atoms with Gasteiger partial charge < -0.3 is 14.2 Å². The van der Waals surface area contributed by atoms with Crippen molar-refractivity contribution in [2.75, 3.05) is 13.2 Å². The molecule has 0 bridgehead atoms. The van der Waals surface area contributed by atoms with Gasteiger partial charge in [0.05, 0.1) is 24.4 Å². The van der Waals surface area contributed by atoms with Crippen molar-refractivity contribution in [3.63, 3.8) is 0 Å². The Labute approximate surface area is 163 Å². The van der Waals surface area contributed by atoms with Crippen LogP contribution in [0.5, 0.6) is 0 Å². The van der Waals surface area contributed by atoms with Crippen molar-refractivity contribution in [1.29, 1.82) is 0 Å². The molecule has 0 saturated heterocycles. The minimum Gasteiger partial charge on any atom is -0.456 e. The Morgan fingerprint density at radius 3 is 1.37 bits per heavy atom. The van der Waals surface area contributed by atoms with Crippen LogP contribution in [0.3, 0.4) is 0 Å². The third kappa shape index (κ3) is 5.68. The fraction of sp³-hybridized carbons (Fsp3) is 0.727. The van der Waals surface area contributed by atoms with Crippen molar-refractivity contribution in [1.82, 2.24) is 0 Å². The van der Waals surface area contributed by atoms with Gasteiger partial charge in [-0.05, 0) is 64.2 Å². The van der Waals surface area contributed by atoms with E-state index in [4.69, 9.17) is 14.2 Å². The van der Waals surface area contributed by atoms with Gasteiger partial charge in [0.1, 0.15) is 11.2 Å². The Morgan fingerprint density at radius 1 is 0.741 bits per heavy atom. The molecule has 0 unspecified atom stereocenters. The maximum atomic E-state index is 12.3. The first kappa shape index (κ1) is 21.7. The summed E-state index contributed by atoms with van der Waals surface area (Å²) in [5.74, 6) is -0.828. The standard InChI is InChI=1S/C22H34O5/c1-5-21(11-7-8-12-21)26-19(23)17(3)15-25-16-18(4)20(24)27-22(6-2)13-9-10-14-22/h3-16H2,1-2H3. The van der Waals surface area contributed by atoms with Gasteiger partial charge in [-0.15, -0.1) is 0 Å². The topological polar surface area (TPSA) is 61.8 Å². The van der Waals surface area contributed by atoms with Gasteiger partial charge in [-0.3, -0.25) is 0 Å². The molecule has 0 amide bonds. The van der Waals surface area contributed by atoms with E-state index in [0.717, 1.165) is 64.2 Å². The molecule has 2 aliphatic carbocycles. The van der Waals surface area contributed by atoms with Crippen LogP contribution in [0.15, 0.2) is 24.3 Å². The van der Waals surface area contributed by atoms with E-state index in [2.05, 4.69) is 13.2 Å². The van der Waals surface area contributed by atoms with E-state index < -0.39 is 11.9 Å². The summed E-state index contributed by atoms with van der Waals surface area (Å²) in [6, 6.07) is 0. The van der Waals surface area contributed by atoms with Crippen LogP contribution in [0, 0.1) is 0 Å². The second kappa shape index (κ2) is 9.54. The van der Waals surface area contributed by atoms with E-state index in [1.807, 2.05) is 13.8 Å². The molecule has 2 fully saturated rings. The monoisotopic (exact) mass is 378 g/mol. The lowest BCUT2D eigenvalue weighted by Crippen LogP contribution is -2.33. The number of carbonyl (C=O) groups excluding carboxylic acids is 2. The Bertz CT molecular complexity index is 515. The summed E-state index contributed by atoms with van der Waals surface area (Å²) in [5, 5.41) is 0. The molecule has 152 valence electrons. The number of esters is 2. The Kier molecular flexibility index (Phi) is 7.66. The van der Waals surface area contributed by atoms with Gasteiger partial charge in [-0.1, -0.05) is 27.0 Å². The Hall–Kier alpha value is -1.62. The third-order valence-electron chi connectivity index (χ3n) is 6.07. The molecule has 0 atom stereocenters. The molecule has 5 nitrogen and oxygen atoms in total. The number of rotatable bonds is 10. The number of ether oxygens (including phenoxy) is 3. The van der Waals surface area contributed by atoms with Gasteiger partial charge in [0.25, 0.3) is 0 Å². The first-order chi connectivity index (χ1) is 12.9. The van der Waals surface area contributed by atoms with E-state index in [1.165, 1.54) is 0 Å². The Balaban J connectivity index is 1.72. The predicted octanol–water partition coefficient (Wildman–Crippen LogP) is 4.65. The molecule has 0 aliphatic heterocycles. The molecule has 0 aromatic rings. The largest absolute Gasteiger partial charge is 0.456 e. The lowest BCUT2D eigenvalue weighted by atomic mass is 9.99. The van der Waals surface area contributed by atoms with Crippen LogP contribution in [0.1, 0.15) is 78.1 Å². The van der Waals surface area contributed by atoms with E-state index in [0.29, 0.717) is 0 Å². The number of carbonyl (C=O) groups is 2. The molecular weight excluding hydrogens is 344 g/mol. The highest BCUT2D eigenvalue weighted by molar-refractivity contribution is 5.89. The molecule has 27 heavy (non-hydrogen) atoms. The van der Waals surface area contributed by atoms with Gasteiger partial charge >= 0.3 is 11.9 Å². The molecule has 5 heteroatoms. The molecule has 0 aromatic heterocycles. The maximum absolute atomic E-state index is 12.3. The van der Waals surface area contributed by atoms with Crippen LogP contribution in [0.25, 0.3) is 0 Å². The summed E-state index contributed by atoms with van der Waals surface area (Å²) in [7, 11) is 0. The van der Waals surface area contributed by atoms with Crippen LogP contribution in [0.4, 0.5) is 0 Å². The first-order valence-electron chi connectivity index (χ1n) is 10.3. The zero-order valence-corrected chi connectivity index (χ0v) is 16.9. The quantitative estimate of drug-likeness (QED) is 0.409. The second-order valence-corrected chi connectivity index (χ2v) is 7.97. The van der Waals surface area contributed by atoms with Gasteiger partial charge in [-0.2, -0.15) is 0 Å². The van der Waals surface area contributed by atoms with Crippen LogP contribution >= 0.6 is 0 Å². The first-order valence-corrected chi connectivity index (χ1v) is 10.3. The summed E-state index contributed by atoms with van der Waals surface area (Å²) in [5.41, 5.74) is -0.166. The van der Waals surface area contributed by atoms with Crippen LogP contribution in [0.2, 0.25) is 0 Å². The molecule has 2 aliphatic rings. The minimum absolute atomic E-state index is 0.0177. The highest BCUT2D eigenvalue weighted by Crippen LogP contribution is 2.37. The molecule has 2 rings (SSSR count). The smallest absolute Gasteiger partial charge is 0.336 e. The number of hydrogen-bond acceptors (Lipinski definition) is 5. The highest BCUT2D eigenvalue weighted by atomic mass is 16.6. The fourth-order valence-electron chi connectivity index (χ4n) is 4.05. The zero-order chi connectivity index (χ0) is 19.9. The van der Waals surface area contributed by atoms with Crippen molar-refractivity contribution in [2.45, 2.75) is 89.3 Å². The molecule has 0 aromatic carbocycles. The van der Waals surface area contributed by atoms with E-state index in [1.54, 1.807) is 0 Å². The van der Waals surface area contributed by atoms with Gasteiger partial charge in [-0.25, -0.2) is 9.59 Å². The van der Waals surface area contributed by atoms with Crippen molar-refractivity contribution < 1.29 is 23.8 Å². The van der Waals surface area contributed by atoms with Gasteiger partial charge in [0.15, 0.2) is 0 Å². The highest BCUT2D eigenvalue weighted by Gasteiger charge is 2.37. The van der Waals surface area contributed by atoms with Gasteiger partial charge in [0, 0.05) is 0 Å². The lowest BCUT2D eigenvalue weighted by Gasteiger charge is -2.28. The second-order valence-electron chi connectivity index (χ2n) is 7.97. The Morgan fingerprint density at radius 2 is 1.07 bits per heavy atom. The predicted molar refractivity (Wildman–Crippen MR) is 104 cm³/mol. The summed E-state index contributed by atoms with van der Waals surface area (Å²) in [6.07, 6.45) is 9.61. The summed E-state index contributed by atoms with van der Waals surface area (Å²) in [4.78, 5) is 24.5. The van der Waals surface area contributed by atoms with Crippen molar-refractivity contribution >= 4 is 11.9 Å². The summed E-state index contributed by atoms with van der Waals surface area (Å²) in [6.45, 7) is 11.7. The maximum Gasteiger partial charge on any atom is 0.336 e. The lowest BCUT2D eigenvalue weighted by molar-refractivity contribution is -0.155. The molecule has 0 radical (unpaired) electrons. The SMILES string of the molecule is C=C(COCC(=C)C(=O)OC1(CC)CCCC1)C(=O)OC1(CC)CCCC1. The van der Waals surface area contributed by atoms with Crippen LogP contribution < -0.4 is 0 Å². The van der Waals surface area contributed by atoms with E-state index >= 15 is 0 Å². The third-order valence-corrected chi connectivity index (χ3v) is 6.07. The summed E-state index contributed by atoms with van der Waals surface area (Å²) >= 11 is 0. The van der Waals surface area contributed by atoms with Crippen molar-refractivity contribution in [3.8, 4) is 0 Å². The molecule has 0 spiro atoms. The van der Waals surface area contributed by atoms with Crippen LogP contribution in [-0.2, 0) is 23.8 Å². The van der Waals surface area contributed by atoms with Crippen LogP contribution in [-0.4, -0.2) is 36.4 Å². The fourth-order valence-corrected chi connectivity index (χ4v) is 4.05. The van der Waals surface area contributed by atoms with Crippen molar-refractivity contribution in [2.24, 2.45) is 0 Å². The normalized spacial score (nSPS) is 20.2. The van der Waals surface area contributed by atoms with Gasteiger partial charge in [0.2, 0.25) is 0 Å². The van der Waals surface area contributed by atoms with E-state index in [-0.39, 0.29) is 35.6 Å². The average Bonchev–Trinajstić information content (AvgIpc) is 3.32. The zero-order valence-electron chi connectivity index (χ0n) is 16.9. The van der Waals surface area contributed by atoms with Crippen molar-refractivity contribution in [3.05, 3.63) is 24.3 Å². The summed E-state index contributed by atoms with van der Waals surface area (Å²) < 4.78 is 16.9. The molecule has 0 N–H and O–H groups in total. The average molecular weight is 379 g/mol.